The quantitative estimate of drug-likeness (QED) is 0.815. The van der Waals surface area contributed by atoms with E-state index in [1.807, 2.05) is 0 Å². The van der Waals surface area contributed by atoms with E-state index in [1.54, 1.807) is 0 Å². The normalized spacial score (nSPS) is 21.9. The van der Waals surface area contributed by atoms with E-state index in [2.05, 4.69) is 13.0 Å². The molecule has 2 unspecified atom stereocenters. The molecule has 1 aliphatic rings. The zero-order valence-electron chi connectivity index (χ0n) is 10.8. The van der Waals surface area contributed by atoms with E-state index in [1.165, 1.54) is 32.1 Å². The fraction of sp³-hybridized carbons (Fsp3) is 0.857. The van der Waals surface area contributed by atoms with Gasteiger partial charge in [-0.15, -0.1) is 0 Å². The second-order valence-electron chi connectivity index (χ2n) is 5.19. The molecule has 0 saturated heterocycles. The molecule has 1 rings (SSSR count). The van der Waals surface area contributed by atoms with Crippen molar-refractivity contribution < 1.29 is 4.79 Å². The van der Waals surface area contributed by atoms with E-state index in [0.29, 0.717) is 5.92 Å². The third-order valence-electron chi connectivity index (χ3n) is 4.10. The van der Waals surface area contributed by atoms with Crippen LogP contribution in [0.5, 0.6) is 0 Å². The van der Waals surface area contributed by atoms with Gasteiger partial charge in [-0.2, -0.15) is 5.26 Å². The lowest BCUT2D eigenvalue weighted by Gasteiger charge is -2.29. The number of primary amides is 1. The van der Waals surface area contributed by atoms with Crippen LogP contribution in [0.2, 0.25) is 0 Å². The van der Waals surface area contributed by atoms with Gasteiger partial charge in [0.1, 0.15) is 5.92 Å². The van der Waals surface area contributed by atoms with Crippen LogP contribution in [0.3, 0.4) is 0 Å². The molecular formula is C14H24N2O. The number of nitrogens with zero attached hydrogens (tertiary/aromatic N) is 1. The van der Waals surface area contributed by atoms with Crippen LogP contribution in [0.15, 0.2) is 0 Å². The Bertz CT molecular complexity index is 274. The largest absolute Gasteiger partial charge is 0.369 e. The fourth-order valence-corrected chi connectivity index (χ4v) is 3.13. The zero-order valence-corrected chi connectivity index (χ0v) is 10.8. The van der Waals surface area contributed by atoms with Crippen molar-refractivity contribution in [3.05, 3.63) is 0 Å². The van der Waals surface area contributed by atoms with Crippen LogP contribution in [0.4, 0.5) is 0 Å². The molecule has 0 aromatic carbocycles. The molecule has 0 spiro atoms. The lowest BCUT2D eigenvalue weighted by Crippen LogP contribution is -2.33. The van der Waals surface area contributed by atoms with Crippen molar-refractivity contribution in [1.82, 2.24) is 0 Å². The Morgan fingerprint density at radius 1 is 1.29 bits per heavy atom. The Morgan fingerprint density at radius 3 is 2.24 bits per heavy atom. The number of rotatable bonds is 4. The highest BCUT2D eigenvalue weighted by molar-refractivity contribution is 5.79. The molecule has 1 saturated carbocycles. The highest BCUT2D eigenvalue weighted by Gasteiger charge is 2.31. The Balaban J connectivity index is 2.69. The molecule has 2 N–H and O–H groups in total. The van der Waals surface area contributed by atoms with E-state index < -0.39 is 11.8 Å². The lowest BCUT2D eigenvalue weighted by atomic mass is 9.74. The highest BCUT2D eigenvalue weighted by atomic mass is 16.1. The Labute approximate surface area is 104 Å². The summed E-state index contributed by atoms with van der Waals surface area (Å²) in [4.78, 5) is 11.3. The number of carbonyl (C=O) groups is 1. The summed E-state index contributed by atoms with van der Waals surface area (Å²) in [6.07, 6.45) is 9.58. The van der Waals surface area contributed by atoms with Crippen LogP contribution >= 0.6 is 0 Å². The van der Waals surface area contributed by atoms with Crippen molar-refractivity contribution in [1.29, 1.82) is 5.26 Å². The predicted octanol–water partition coefficient (Wildman–Crippen LogP) is 3.00. The van der Waals surface area contributed by atoms with Crippen LogP contribution < -0.4 is 5.73 Å². The van der Waals surface area contributed by atoms with Crippen molar-refractivity contribution in [3.63, 3.8) is 0 Å². The van der Waals surface area contributed by atoms with Crippen LogP contribution in [-0.2, 0) is 4.79 Å². The van der Waals surface area contributed by atoms with Crippen molar-refractivity contribution in [2.75, 3.05) is 0 Å². The minimum absolute atomic E-state index is 0.163. The number of carbonyl (C=O) groups excluding carboxylic acids is 1. The number of nitriles is 1. The summed E-state index contributed by atoms with van der Waals surface area (Å²) in [6.45, 7) is 2.07. The minimum Gasteiger partial charge on any atom is -0.369 e. The monoisotopic (exact) mass is 236 g/mol. The van der Waals surface area contributed by atoms with Gasteiger partial charge in [0.25, 0.3) is 0 Å². The molecule has 0 bridgehead atoms. The molecule has 96 valence electrons. The number of hydrogen-bond acceptors (Lipinski definition) is 2. The van der Waals surface area contributed by atoms with Gasteiger partial charge in [0.15, 0.2) is 0 Å². The van der Waals surface area contributed by atoms with Crippen molar-refractivity contribution in [3.8, 4) is 6.07 Å². The summed E-state index contributed by atoms with van der Waals surface area (Å²) < 4.78 is 0. The Hall–Kier alpha value is -1.04. The first-order valence-electron chi connectivity index (χ1n) is 6.89. The van der Waals surface area contributed by atoms with Crippen molar-refractivity contribution in [2.45, 2.75) is 58.3 Å². The summed E-state index contributed by atoms with van der Waals surface area (Å²) in [5.41, 5.74) is 5.34. The SMILES string of the molecule is CCC(C1CCCCCCC1)C(C#N)C(N)=O. The van der Waals surface area contributed by atoms with Gasteiger partial charge in [0, 0.05) is 0 Å². The van der Waals surface area contributed by atoms with Gasteiger partial charge in [-0.3, -0.25) is 4.79 Å². The molecule has 0 radical (unpaired) electrons. The molecule has 0 aliphatic heterocycles. The molecule has 0 aromatic heterocycles. The van der Waals surface area contributed by atoms with E-state index in [-0.39, 0.29) is 5.92 Å². The zero-order chi connectivity index (χ0) is 12.7. The molecule has 2 atom stereocenters. The third-order valence-corrected chi connectivity index (χ3v) is 4.10. The number of amides is 1. The lowest BCUT2D eigenvalue weighted by molar-refractivity contribution is -0.122. The molecule has 1 aliphatic carbocycles. The van der Waals surface area contributed by atoms with Crippen molar-refractivity contribution >= 4 is 5.91 Å². The van der Waals surface area contributed by atoms with E-state index in [9.17, 15) is 4.79 Å². The maximum absolute atomic E-state index is 11.3. The standard InChI is InChI=1S/C14H24N2O/c1-2-12(13(10-15)14(16)17)11-8-6-4-3-5-7-9-11/h11-13H,2-9H2,1H3,(H2,16,17). The Kier molecular flexibility index (Phi) is 6.04. The van der Waals surface area contributed by atoms with E-state index in [0.717, 1.165) is 19.3 Å². The smallest absolute Gasteiger partial charge is 0.235 e. The summed E-state index contributed by atoms with van der Waals surface area (Å²) in [5, 5.41) is 9.10. The number of hydrogen-bond donors (Lipinski definition) is 1. The second-order valence-corrected chi connectivity index (χ2v) is 5.19. The highest BCUT2D eigenvalue weighted by Crippen LogP contribution is 2.34. The predicted molar refractivity (Wildman–Crippen MR) is 67.9 cm³/mol. The van der Waals surface area contributed by atoms with Gasteiger partial charge in [-0.25, -0.2) is 0 Å². The summed E-state index contributed by atoms with van der Waals surface area (Å²) in [7, 11) is 0. The maximum atomic E-state index is 11.3. The molecule has 3 heteroatoms. The van der Waals surface area contributed by atoms with Gasteiger partial charge in [0.2, 0.25) is 5.91 Å². The molecule has 0 heterocycles. The van der Waals surface area contributed by atoms with Crippen LogP contribution in [0.1, 0.15) is 58.3 Å². The first kappa shape index (κ1) is 14.0. The van der Waals surface area contributed by atoms with Gasteiger partial charge < -0.3 is 5.73 Å². The average molecular weight is 236 g/mol. The van der Waals surface area contributed by atoms with Gasteiger partial charge in [-0.05, 0) is 11.8 Å². The average Bonchev–Trinajstić information content (AvgIpc) is 2.25. The summed E-state index contributed by atoms with van der Waals surface area (Å²) in [6, 6.07) is 2.11. The van der Waals surface area contributed by atoms with Crippen molar-refractivity contribution in [2.24, 2.45) is 23.5 Å². The molecule has 1 amide bonds. The molecule has 17 heavy (non-hydrogen) atoms. The molecule has 0 aromatic rings. The summed E-state index contributed by atoms with van der Waals surface area (Å²) in [5.74, 6) is -0.362. The van der Waals surface area contributed by atoms with Gasteiger partial charge in [-0.1, -0.05) is 58.3 Å². The third kappa shape index (κ3) is 4.03. The second kappa shape index (κ2) is 7.32. The Morgan fingerprint density at radius 2 is 1.82 bits per heavy atom. The van der Waals surface area contributed by atoms with Gasteiger partial charge >= 0.3 is 0 Å². The topological polar surface area (TPSA) is 66.9 Å². The van der Waals surface area contributed by atoms with E-state index >= 15 is 0 Å². The van der Waals surface area contributed by atoms with Crippen LogP contribution in [0.25, 0.3) is 0 Å². The fourth-order valence-electron chi connectivity index (χ4n) is 3.13. The number of nitrogens with two attached hydrogens (primary N) is 1. The van der Waals surface area contributed by atoms with E-state index in [4.69, 9.17) is 11.0 Å². The van der Waals surface area contributed by atoms with Gasteiger partial charge in [0.05, 0.1) is 6.07 Å². The molecule has 3 nitrogen and oxygen atoms in total. The molecule has 1 fully saturated rings. The first-order valence-corrected chi connectivity index (χ1v) is 6.89. The summed E-state index contributed by atoms with van der Waals surface area (Å²) >= 11 is 0. The minimum atomic E-state index is -0.593. The maximum Gasteiger partial charge on any atom is 0.235 e. The van der Waals surface area contributed by atoms with Crippen LogP contribution in [-0.4, -0.2) is 5.91 Å². The van der Waals surface area contributed by atoms with Crippen LogP contribution in [0, 0.1) is 29.1 Å². The molecular weight excluding hydrogens is 212 g/mol. The first-order chi connectivity index (χ1) is 8.20.